The molecule has 1 amide bonds. The van der Waals surface area contributed by atoms with E-state index in [1.807, 2.05) is 0 Å². The molecular formula is C18H21Cl3N4O2. The topological polar surface area (TPSA) is 81.3 Å². The molecule has 2 aromatic rings. The highest BCUT2D eigenvalue weighted by molar-refractivity contribution is 6.42. The molecule has 2 heterocycles. The van der Waals surface area contributed by atoms with Crippen LogP contribution >= 0.6 is 35.6 Å². The van der Waals surface area contributed by atoms with Gasteiger partial charge in [-0.2, -0.15) is 0 Å². The van der Waals surface area contributed by atoms with E-state index in [2.05, 4.69) is 24.0 Å². The minimum atomic E-state index is -0.162. The molecular weight excluding hydrogens is 411 g/mol. The van der Waals surface area contributed by atoms with Gasteiger partial charge in [-0.05, 0) is 30.0 Å². The highest BCUT2D eigenvalue weighted by Crippen LogP contribution is 2.34. The largest absolute Gasteiger partial charge is 0.436 e. The number of hydrogen-bond acceptors (Lipinski definition) is 5. The summed E-state index contributed by atoms with van der Waals surface area (Å²) in [6.45, 7) is 5.33. The molecule has 0 spiro atoms. The van der Waals surface area contributed by atoms with Crippen molar-refractivity contribution in [2.24, 2.45) is 11.1 Å². The van der Waals surface area contributed by atoms with Gasteiger partial charge in [0.2, 0.25) is 5.88 Å². The van der Waals surface area contributed by atoms with Crippen LogP contribution in [0.2, 0.25) is 10.0 Å². The monoisotopic (exact) mass is 430 g/mol. The Morgan fingerprint density at radius 3 is 2.63 bits per heavy atom. The number of halogens is 3. The number of aromatic nitrogens is 2. The van der Waals surface area contributed by atoms with Crippen molar-refractivity contribution >= 4 is 41.5 Å². The van der Waals surface area contributed by atoms with E-state index in [-0.39, 0.29) is 41.3 Å². The van der Waals surface area contributed by atoms with Crippen molar-refractivity contribution in [3.8, 4) is 11.6 Å². The van der Waals surface area contributed by atoms with E-state index in [0.29, 0.717) is 28.9 Å². The minimum Gasteiger partial charge on any atom is -0.436 e. The summed E-state index contributed by atoms with van der Waals surface area (Å²) in [7, 11) is 0. The molecule has 1 atom stereocenters. The number of carbonyl (C=O) groups is 1. The lowest BCUT2D eigenvalue weighted by atomic mass is 9.79. The molecule has 1 unspecified atom stereocenters. The van der Waals surface area contributed by atoms with Gasteiger partial charge in [0.25, 0.3) is 5.91 Å². The van der Waals surface area contributed by atoms with Crippen LogP contribution in [-0.4, -0.2) is 40.1 Å². The fourth-order valence-electron chi connectivity index (χ4n) is 2.87. The molecule has 1 aromatic heterocycles. The number of nitrogens with two attached hydrogens (primary N) is 1. The molecule has 0 saturated carbocycles. The van der Waals surface area contributed by atoms with Crippen LogP contribution in [0, 0.1) is 5.41 Å². The van der Waals surface area contributed by atoms with Gasteiger partial charge >= 0.3 is 0 Å². The Morgan fingerprint density at radius 2 is 2.00 bits per heavy atom. The standard InChI is InChI=1S/C18H20Cl2N4O2.ClH/c1-18(2)10-24(9-8-14(18)21)17(25)12-6-7-15(23-22-12)26-13-5-3-4-11(19)16(13)20;/h3-7,14H,8-10,21H2,1-2H3;1H. The fourth-order valence-corrected chi connectivity index (χ4v) is 3.20. The van der Waals surface area contributed by atoms with Crippen LogP contribution < -0.4 is 10.5 Å². The third kappa shape index (κ3) is 4.82. The average molecular weight is 432 g/mol. The fraction of sp³-hybridized carbons (Fsp3) is 0.389. The summed E-state index contributed by atoms with van der Waals surface area (Å²) in [6, 6.07) is 8.31. The van der Waals surface area contributed by atoms with E-state index in [0.717, 1.165) is 6.42 Å². The number of nitrogens with zero attached hydrogens (tertiary/aromatic N) is 3. The van der Waals surface area contributed by atoms with E-state index in [4.69, 9.17) is 33.7 Å². The summed E-state index contributed by atoms with van der Waals surface area (Å²) in [5.74, 6) is 0.441. The number of rotatable bonds is 3. The van der Waals surface area contributed by atoms with E-state index in [9.17, 15) is 4.79 Å². The molecule has 0 bridgehead atoms. The van der Waals surface area contributed by atoms with Gasteiger partial charge in [0, 0.05) is 25.2 Å². The maximum atomic E-state index is 12.7. The van der Waals surface area contributed by atoms with E-state index in [1.165, 1.54) is 0 Å². The molecule has 27 heavy (non-hydrogen) atoms. The van der Waals surface area contributed by atoms with Gasteiger partial charge in [-0.25, -0.2) is 0 Å². The molecule has 9 heteroatoms. The molecule has 1 aliphatic rings. The van der Waals surface area contributed by atoms with Crippen LogP contribution in [0.15, 0.2) is 30.3 Å². The lowest BCUT2D eigenvalue weighted by Gasteiger charge is -2.42. The van der Waals surface area contributed by atoms with Crippen molar-refractivity contribution in [2.45, 2.75) is 26.3 Å². The summed E-state index contributed by atoms with van der Waals surface area (Å²) in [5, 5.41) is 8.64. The quantitative estimate of drug-likeness (QED) is 0.788. The number of ether oxygens (including phenoxy) is 1. The second kappa shape index (κ2) is 8.61. The summed E-state index contributed by atoms with van der Waals surface area (Å²) in [5.41, 5.74) is 6.26. The molecule has 3 rings (SSSR count). The molecule has 6 nitrogen and oxygen atoms in total. The Morgan fingerprint density at radius 1 is 1.26 bits per heavy atom. The Hall–Kier alpha value is -1.60. The minimum absolute atomic E-state index is 0. The third-order valence-corrected chi connectivity index (χ3v) is 5.39. The lowest BCUT2D eigenvalue weighted by Crippen LogP contribution is -2.54. The summed E-state index contributed by atoms with van der Waals surface area (Å²) >= 11 is 12.0. The number of hydrogen-bond donors (Lipinski definition) is 1. The smallest absolute Gasteiger partial charge is 0.274 e. The van der Waals surface area contributed by atoms with E-state index < -0.39 is 0 Å². The second-order valence-corrected chi connectivity index (χ2v) is 7.81. The van der Waals surface area contributed by atoms with Crippen LogP contribution in [-0.2, 0) is 0 Å². The SMILES string of the molecule is CC1(C)CN(C(=O)c2ccc(Oc3cccc(Cl)c3Cl)nn2)CCC1N.Cl. The van der Waals surface area contributed by atoms with Crippen LogP contribution in [0.1, 0.15) is 30.8 Å². The summed E-state index contributed by atoms with van der Waals surface area (Å²) in [4.78, 5) is 14.4. The van der Waals surface area contributed by atoms with E-state index >= 15 is 0 Å². The predicted octanol–water partition coefficient (Wildman–Crippen LogP) is 4.20. The number of carbonyl (C=O) groups excluding carboxylic acids is 1. The van der Waals surface area contributed by atoms with Gasteiger partial charge in [-0.15, -0.1) is 22.6 Å². The van der Waals surface area contributed by atoms with Crippen LogP contribution in [0.3, 0.4) is 0 Å². The van der Waals surface area contributed by atoms with Gasteiger partial charge in [0.15, 0.2) is 5.69 Å². The molecule has 0 aliphatic carbocycles. The third-order valence-electron chi connectivity index (χ3n) is 4.59. The first-order valence-corrected chi connectivity index (χ1v) is 9.04. The van der Waals surface area contributed by atoms with Crippen molar-refractivity contribution in [3.05, 3.63) is 46.1 Å². The van der Waals surface area contributed by atoms with Gasteiger partial charge in [-0.3, -0.25) is 4.79 Å². The van der Waals surface area contributed by atoms with Crippen molar-refractivity contribution < 1.29 is 9.53 Å². The molecule has 1 aliphatic heterocycles. The zero-order chi connectivity index (χ0) is 18.9. The predicted molar refractivity (Wildman–Crippen MR) is 108 cm³/mol. The number of amides is 1. The lowest BCUT2D eigenvalue weighted by molar-refractivity contribution is 0.0526. The maximum Gasteiger partial charge on any atom is 0.274 e. The zero-order valence-electron chi connectivity index (χ0n) is 15.0. The summed E-state index contributed by atoms with van der Waals surface area (Å²) in [6.07, 6.45) is 0.765. The molecule has 0 radical (unpaired) electrons. The Balaban J connectivity index is 0.00000261. The first-order valence-electron chi connectivity index (χ1n) is 8.28. The molecule has 2 N–H and O–H groups in total. The van der Waals surface area contributed by atoms with Crippen molar-refractivity contribution in [3.63, 3.8) is 0 Å². The molecule has 1 saturated heterocycles. The molecule has 1 fully saturated rings. The first-order chi connectivity index (χ1) is 12.3. The van der Waals surface area contributed by atoms with Crippen LogP contribution in [0.25, 0.3) is 0 Å². The number of likely N-dealkylation sites (tertiary alicyclic amines) is 1. The molecule has 146 valence electrons. The normalized spacial score (nSPS) is 18.6. The number of piperidine rings is 1. The van der Waals surface area contributed by atoms with Gasteiger partial charge < -0.3 is 15.4 Å². The highest BCUT2D eigenvalue weighted by atomic mass is 35.5. The first kappa shape index (κ1) is 21.7. The van der Waals surface area contributed by atoms with Gasteiger partial charge in [0.1, 0.15) is 10.8 Å². The highest BCUT2D eigenvalue weighted by Gasteiger charge is 2.36. The zero-order valence-corrected chi connectivity index (χ0v) is 17.3. The van der Waals surface area contributed by atoms with Crippen molar-refractivity contribution in [1.82, 2.24) is 15.1 Å². The second-order valence-electron chi connectivity index (χ2n) is 7.02. The van der Waals surface area contributed by atoms with Crippen LogP contribution in [0.4, 0.5) is 0 Å². The van der Waals surface area contributed by atoms with E-state index in [1.54, 1.807) is 35.2 Å². The maximum absolute atomic E-state index is 12.7. The van der Waals surface area contributed by atoms with Crippen LogP contribution in [0.5, 0.6) is 11.6 Å². The van der Waals surface area contributed by atoms with Crippen molar-refractivity contribution in [1.29, 1.82) is 0 Å². The number of benzene rings is 1. The summed E-state index contributed by atoms with van der Waals surface area (Å²) < 4.78 is 5.59. The Kier molecular flexibility index (Phi) is 6.92. The van der Waals surface area contributed by atoms with Gasteiger partial charge in [-0.1, -0.05) is 43.1 Å². The van der Waals surface area contributed by atoms with Crippen molar-refractivity contribution in [2.75, 3.05) is 13.1 Å². The Bertz CT molecular complexity index is 815. The average Bonchev–Trinajstić information content (AvgIpc) is 2.61. The Labute approximate surface area is 174 Å². The van der Waals surface area contributed by atoms with Gasteiger partial charge in [0.05, 0.1) is 5.02 Å². The molecule has 1 aromatic carbocycles.